The van der Waals surface area contributed by atoms with Crippen molar-refractivity contribution in [3.8, 4) is 40.6 Å². The SMILES string of the molecule is CC(=O)OC1CC(c2cc(O)c(O)c(OCCc3cccnc3)c2)OC(C2CC#CC3C(CCCC34CC(n3cc5cc[nH]c5c3)NC(=NCCCC3=CCNC(N)=C3)N4)Oc3cc(ccc3O)C2)C1. The van der Waals surface area contributed by atoms with Crippen molar-refractivity contribution in [3.63, 3.8) is 0 Å². The predicted molar refractivity (Wildman–Crippen MR) is 264 cm³/mol. The molecule has 2 aromatic carbocycles. The molecule has 366 valence electrons. The summed E-state index contributed by atoms with van der Waals surface area (Å²) in [5.41, 5.74) is 10.2. The molecule has 1 aliphatic carbocycles. The fourth-order valence-corrected chi connectivity index (χ4v) is 11.0. The lowest BCUT2D eigenvalue weighted by Crippen LogP contribution is -2.67. The number of guanidine groups is 1. The van der Waals surface area contributed by atoms with Crippen molar-refractivity contribution in [1.29, 1.82) is 0 Å². The monoisotopic (exact) mass is 950 g/mol. The maximum absolute atomic E-state index is 12.5. The summed E-state index contributed by atoms with van der Waals surface area (Å²) in [4.78, 5) is 25.2. The summed E-state index contributed by atoms with van der Waals surface area (Å²) in [6, 6.07) is 14.6. The Morgan fingerprint density at radius 2 is 2.00 bits per heavy atom. The van der Waals surface area contributed by atoms with Gasteiger partial charge < -0.3 is 65.5 Å². The molecule has 8 unspecified atom stereocenters. The van der Waals surface area contributed by atoms with Gasteiger partial charge in [0.25, 0.3) is 0 Å². The number of allylic oxidation sites excluding steroid dienone is 2. The zero-order valence-electron chi connectivity index (χ0n) is 39.4. The summed E-state index contributed by atoms with van der Waals surface area (Å²) in [6.45, 7) is 2.96. The molecule has 16 nitrogen and oxygen atoms in total. The van der Waals surface area contributed by atoms with E-state index < -0.39 is 29.8 Å². The van der Waals surface area contributed by atoms with Gasteiger partial charge in [-0.3, -0.25) is 14.8 Å². The Labute approximate surface area is 407 Å². The number of rotatable bonds is 12. The highest BCUT2D eigenvalue weighted by atomic mass is 16.6. The number of dihydropyridines is 1. The standard InChI is InChI=1S/C54H62N8O8/c1-33(63)68-40-27-46(70-47(28-40)39-25-44(65)52(66)49(26-39)67-21-15-35-7-4-17-56-30-35)37-8-2-9-41-45(69-48-23-36(22-37)11-12-43(48)64)10-3-16-54(41)29-51(62-31-38-14-20-57-42(38)32-62)60-53(61-54)59-18-5-6-34-13-19-58-50(55)24-34/h4,7,11-14,17,20,23-26,30-32,37,40-41,45-47,51,57-58,64-66H,3,5-6,8,10,15-16,18-19,21-22,27-29,55H2,1H3,(H2,59,60,61). The van der Waals surface area contributed by atoms with Crippen molar-refractivity contribution in [2.75, 3.05) is 19.7 Å². The molecule has 2 saturated heterocycles. The minimum atomic E-state index is -0.619. The maximum atomic E-state index is 12.5. The fraction of sp³-hybridized carbons (Fsp3) is 0.426. The molecule has 16 heteroatoms. The summed E-state index contributed by atoms with van der Waals surface area (Å²) >= 11 is 0. The first-order valence-electron chi connectivity index (χ1n) is 24.5. The molecule has 70 heavy (non-hydrogen) atoms. The van der Waals surface area contributed by atoms with Crippen LogP contribution in [0.2, 0.25) is 0 Å². The number of aromatic hydroxyl groups is 3. The van der Waals surface area contributed by atoms with Crippen molar-refractivity contribution < 1.29 is 39.1 Å². The van der Waals surface area contributed by atoms with Gasteiger partial charge in [-0.2, -0.15) is 0 Å². The Morgan fingerprint density at radius 1 is 1.09 bits per heavy atom. The van der Waals surface area contributed by atoms with Crippen LogP contribution in [-0.4, -0.2) is 85.3 Å². The third-order valence-electron chi connectivity index (χ3n) is 14.4. The first-order valence-corrected chi connectivity index (χ1v) is 24.5. The van der Waals surface area contributed by atoms with Crippen LogP contribution in [0.4, 0.5) is 0 Å². The van der Waals surface area contributed by atoms with Gasteiger partial charge in [-0.15, -0.1) is 5.92 Å². The summed E-state index contributed by atoms with van der Waals surface area (Å²) in [7, 11) is 0. The largest absolute Gasteiger partial charge is 0.504 e. The molecule has 10 rings (SSSR count). The van der Waals surface area contributed by atoms with Gasteiger partial charge in [-0.1, -0.05) is 24.1 Å². The van der Waals surface area contributed by atoms with Gasteiger partial charge in [0, 0.05) is 94.4 Å². The van der Waals surface area contributed by atoms with Gasteiger partial charge in [0.05, 0.1) is 41.6 Å². The summed E-state index contributed by atoms with van der Waals surface area (Å²) in [5.74, 6) is 7.81. The molecule has 5 aromatic rings. The lowest BCUT2D eigenvalue weighted by atomic mass is 9.68. The van der Waals surface area contributed by atoms with Crippen LogP contribution >= 0.6 is 0 Å². The van der Waals surface area contributed by atoms with E-state index in [0.717, 1.165) is 60.7 Å². The van der Waals surface area contributed by atoms with E-state index in [-0.39, 0.29) is 53.7 Å². The minimum Gasteiger partial charge on any atom is -0.504 e. The van der Waals surface area contributed by atoms with Gasteiger partial charge in [-0.25, -0.2) is 0 Å². The van der Waals surface area contributed by atoms with Crippen molar-refractivity contribution in [2.45, 2.75) is 114 Å². The normalized spacial score (nSPS) is 26.9. The second-order valence-corrected chi connectivity index (χ2v) is 19.3. The predicted octanol–water partition coefficient (Wildman–Crippen LogP) is 7.05. The molecular formula is C54H62N8O8. The maximum Gasteiger partial charge on any atom is 0.302 e. The molecule has 1 saturated carbocycles. The van der Waals surface area contributed by atoms with E-state index in [2.05, 4.69) is 66.9 Å². The Bertz CT molecular complexity index is 2820. The van der Waals surface area contributed by atoms with E-state index in [0.29, 0.717) is 68.2 Å². The second kappa shape index (κ2) is 20.4. The molecule has 0 amide bonds. The molecule has 9 N–H and O–H groups in total. The zero-order chi connectivity index (χ0) is 48.2. The van der Waals surface area contributed by atoms with Crippen molar-refractivity contribution in [2.24, 2.45) is 22.6 Å². The number of carbonyl (C=O) groups is 1. The van der Waals surface area contributed by atoms with Crippen molar-refractivity contribution in [1.82, 2.24) is 30.5 Å². The Balaban J connectivity index is 0.953. The number of nitrogens with zero attached hydrogens (tertiary/aromatic N) is 3. The highest BCUT2D eigenvalue weighted by Gasteiger charge is 2.51. The molecule has 7 heterocycles. The van der Waals surface area contributed by atoms with Crippen molar-refractivity contribution in [3.05, 3.63) is 120 Å². The first-order chi connectivity index (χ1) is 34.0. The van der Waals surface area contributed by atoms with Gasteiger partial charge in [-0.05, 0) is 103 Å². The molecule has 4 aliphatic heterocycles. The van der Waals surface area contributed by atoms with Gasteiger partial charge in [0.15, 0.2) is 29.0 Å². The Hall–Kier alpha value is -7.25. The molecule has 0 radical (unpaired) electrons. The number of esters is 1. The van der Waals surface area contributed by atoms with Crippen LogP contribution in [0, 0.1) is 23.7 Å². The lowest BCUT2D eigenvalue weighted by Gasteiger charge is -2.51. The number of benzene rings is 2. The molecule has 3 fully saturated rings. The van der Waals surface area contributed by atoms with Gasteiger partial charge >= 0.3 is 5.97 Å². The third-order valence-corrected chi connectivity index (χ3v) is 14.4. The summed E-state index contributed by atoms with van der Waals surface area (Å²) in [5, 5.41) is 45.1. The van der Waals surface area contributed by atoms with E-state index in [1.54, 1.807) is 24.5 Å². The number of carbonyl (C=O) groups excluding carboxylic acids is 1. The van der Waals surface area contributed by atoms with Crippen LogP contribution in [0.25, 0.3) is 10.9 Å². The molecule has 5 aliphatic rings. The highest BCUT2D eigenvalue weighted by Crippen LogP contribution is 2.46. The molecule has 2 bridgehead atoms. The summed E-state index contributed by atoms with van der Waals surface area (Å²) in [6.07, 6.45) is 19.0. The Kier molecular flexibility index (Phi) is 13.5. The second-order valence-electron chi connectivity index (χ2n) is 19.3. The van der Waals surface area contributed by atoms with E-state index in [9.17, 15) is 20.1 Å². The number of fused-ring (bicyclic) bond motifs is 5. The first kappa shape index (κ1) is 46.5. The number of aliphatic imine (C=N–C) groups is 1. The van der Waals surface area contributed by atoms with Gasteiger partial charge in [0.2, 0.25) is 5.75 Å². The average Bonchev–Trinajstić information content (AvgIpc) is 3.96. The molecule has 3 aromatic heterocycles. The van der Waals surface area contributed by atoms with E-state index >= 15 is 0 Å². The van der Waals surface area contributed by atoms with Crippen LogP contribution in [0.1, 0.15) is 93.7 Å². The van der Waals surface area contributed by atoms with E-state index in [1.807, 2.05) is 36.5 Å². The summed E-state index contributed by atoms with van der Waals surface area (Å²) < 4.78 is 28.1. The minimum absolute atomic E-state index is 0.0571. The number of nitrogens with two attached hydrogens (primary N) is 1. The smallest absolute Gasteiger partial charge is 0.302 e. The number of aromatic nitrogens is 3. The Morgan fingerprint density at radius 3 is 2.84 bits per heavy atom. The van der Waals surface area contributed by atoms with Crippen LogP contribution in [0.5, 0.6) is 28.7 Å². The number of ether oxygens (including phenoxy) is 4. The number of nitrogens with one attached hydrogen (secondary N) is 4. The zero-order valence-corrected chi connectivity index (χ0v) is 39.4. The number of pyridine rings is 1. The topological polar surface area (TPSA) is 223 Å². The molecular weight excluding hydrogens is 889 g/mol. The third kappa shape index (κ3) is 10.5. The fourth-order valence-electron chi connectivity index (χ4n) is 11.0. The number of H-pyrrole nitrogens is 1. The van der Waals surface area contributed by atoms with Crippen molar-refractivity contribution >= 4 is 22.8 Å². The van der Waals surface area contributed by atoms with Crippen LogP contribution in [0.3, 0.4) is 0 Å². The quantitative estimate of drug-likeness (QED) is 0.0272. The van der Waals surface area contributed by atoms with Crippen LogP contribution in [0.15, 0.2) is 108 Å². The molecule has 8 atom stereocenters. The van der Waals surface area contributed by atoms with Gasteiger partial charge in [0.1, 0.15) is 18.4 Å². The number of aromatic amines is 1. The highest BCUT2D eigenvalue weighted by molar-refractivity contribution is 5.83. The number of hydrogen-bond acceptors (Lipinski definition) is 12. The van der Waals surface area contributed by atoms with E-state index in [4.69, 9.17) is 29.7 Å². The number of hydrogen-bond donors (Lipinski definition) is 8. The number of phenols is 3. The van der Waals surface area contributed by atoms with Crippen LogP contribution in [-0.2, 0) is 27.1 Å². The lowest BCUT2D eigenvalue weighted by molar-refractivity contribution is -0.164. The van der Waals surface area contributed by atoms with Crippen LogP contribution < -0.4 is 31.2 Å². The molecule has 1 spiro atoms. The van der Waals surface area contributed by atoms with E-state index in [1.165, 1.54) is 18.6 Å². The number of phenolic OH excluding ortho intramolecular Hbond substituents is 3. The average molecular weight is 951 g/mol.